The number of thiophene rings is 1. The van der Waals surface area contributed by atoms with Gasteiger partial charge in [-0.2, -0.15) is 0 Å². The second-order valence-electron chi connectivity index (χ2n) is 4.16. The van der Waals surface area contributed by atoms with E-state index in [-0.39, 0.29) is 0 Å². The highest BCUT2D eigenvalue weighted by Crippen LogP contribution is 2.37. The van der Waals surface area contributed by atoms with Crippen molar-refractivity contribution in [2.24, 2.45) is 0 Å². The molecule has 1 atom stereocenters. The molecule has 2 rings (SSSR count). The molecule has 0 aliphatic carbocycles. The standard InChI is InChI=1S/C14H14Br2O2S/c1-18-7-6-9-2-4-10(5-3-9)13(17)12-8-11(15)14(16)19-12/h2-5,8,13,17H,6-7H2,1H3. The lowest BCUT2D eigenvalue weighted by Crippen LogP contribution is -1.98. The summed E-state index contributed by atoms with van der Waals surface area (Å²) in [6.07, 6.45) is 0.312. The van der Waals surface area contributed by atoms with Crippen molar-refractivity contribution in [1.82, 2.24) is 0 Å². The topological polar surface area (TPSA) is 29.5 Å². The molecule has 5 heteroatoms. The molecule has 0 amide bonds. The normalized spacial score (nSPS) is 12.6. The van der Waals surface area contributed by atoms with Crippen LogP contribution in [-0.2, 0) is 11.2 Å². The lowest BCUT2D eigenvalue weighted by atomic mass is 10.0. The third-order valence-corrected chi connectivity index (χ3v) is 6.13. The van der Waals surface area contributed by atoms with Gasteiger partial charge in [-0.1, -0.05) is 24.3 Å². The molecule has 1 heterocycles. The molecule has 0 saturated carbocycles. The summed E-state index contributed by atoms with van der Waals surface area (Å²) in [6.45, 7) is 0.715. The molecule has 1 unspecified atom stereocenters. The van der Waals surface area contributed by atoms with Gasteiger partial charge in [-0.05, 0) is 55.5 Å². The molecule has 1 N–H and O–H groups in total. The predicted molar refractivity (Wildman–Crippen MR) is 85.8 cm³/mol. The first-order valence-corrected chi connectivity index (χ1v) is 8.22. The number of hydrogen-bond donors (Lipinski definition) is 1. The number of halogens is 2. The molecule has 2 aromatic rings. The van der Waals surface area contributed by atoms with Crippen LogP contribution in [0, 0.1) is 0 Å². The number of benzene rings is 1. The number of ether oxygens (including phenoxy) is 1. The highest BCUT2D eigenvalue weighted by Gasteiger charge is 2.14. The van der Waals surface area contributed by atoms with E-state index >= 15 is 0 Å². The number of methoxy groups -OCH3 is 1. The van der Waals surface area contributed by atoms with E-state index in [2.05, 4.69) is 31.9 Å². The number of hydrogen-bond acceptors (Lipinski definition) is 3. The van der Waals surface area contributed by atoms with Crippen LogP contribution in [0.2, 0.25) is 0 Å². The third kappa shape index (κ3) is 3.89. The van der Waals surface area contributed by atoms with Gasteiger partial charge in [0.15, 0.2) is 0 Å². The largest absolute Gasteiger partial charge is 0.384 e. The zero-order chi connectivity index (χ0) is 13.8. The van der Waals surface area contributed by atoms with E-state index in [4.69, 9.17) is 4.74 Å². The fraction of sp³-hybridized carbons (Fsp3) is 0.286. The van der Waals surface area contributed by atoms with Crippen molar-refractivity contribution in [2.45, 2.75) is 12.5 Å². The summed E-state index contributed by atoms with van der Waals surface area (Å²) in [5, 5.41) is 10.3. The Morgan fingerprint density at radius 2 is 1.95 bits per heavy atom. The minimum atomic E-state index is -0.580. The van der Waals surface area contributed by atoms with Crippen LogP contribution in [0.3, 0.4) is 0 Å². The number of aliphatic hydroxyl groups excluding tert-OH is 1. The van der Waals surface area contributed by atoms with Gasteiger partial charge in [-0.15, -0.1) is 11.3 Å². The maximum Gasteiger partial charge on any atom is 0.113 e. The van der Waals surface area contributed by atoms with E-state index in [1.807, 2.05) is 30.3 Å². The fourth-order valence-corrected chi connectivity index (χ4v) is 3.85. The van der Waals surface area contributed by atoms with Gasteiger partial charge in [-0.3, -0.25) is 0 Å². The fourth-order valence-electron chi connectivity index (χ4n) is 1.75. The van der Waals surface area contributed by atoms with Crippen LogP contribution in [-0.4, -0.2) is 18.8 Å². The van der Waals surface area contributed by atoms with Crippen LogP contribution in [0.5, 0.6) is 0 Å². The Balaban J connectivity index is 2.13. The van der Waals surface area contributed by atoms with Gasteiger partial charge in [0.1, 0.15) is 6.10 Å². The van der Waals surface area contributed by atoms with Gasteiger partial charge < -0.3 is 9.84 Å². The van der Waals surface area contributed by atoms with Crippen LogP contribution >= 0.6 is 43.2 Å². The lowest BCUT2D eigenvalue weighted by Gasteiger charge is -2.09. The first-order chi connectivity index (χ1) is 9.11. The minimum Gasteiger partial charge on any atom is -0.384 e. The average Bonchev–Trinajstić information content (AvgIpc) is 2.76. The van der Waals surface area contributed by atoms with E-state index in [0.717, 1.165) is 25.1 Å². The van der Waals surface area contributed by atoms with E-state index in [0.29, 0.717) is 6.61 Å². The molecule has 2 nitrogen and oxygen atoms in total. The molecular weight excluding hydrogens is 392 g/mol. The molecule has 0 fully saturated rings. The van der Waals surface area contributed by atoms with Gasteiger partial charge in [0.2, 0.25) is 0 Å². The van der Waals surface area contributed by atoms with Gasteiger partial charge in [0.25, 0.3) is 0 Å². The smallest absolute Gasteiger partial charge is 0.113 e. The van der Waals surface area contributed by atoms with E-state index in [1.54, 1.807) is 7.11 Å². The maximum absolute atomic E-state index is 10.3. The highest BCUT2D eigenvalue weighted by atomic mass is 79.9. The lowest BCUT2D eigenvalue weighted by molar-refractivity contribution is 0.202. The molecular formula is C14H14Br2O2S. The highest BCUT2D eigenvalue weighted by molar-refractivity contribution is 9.13. The quantitative estimate of drug-likeness (QED) is 0.790. The van der Waals surface area contributed by atoms with E-state index in [9.17, 15) is 5.11 Å². The van der Waals surface area contributed by atoms with Crippen molar-refractivity contribution >= 4 is 43.2 Å². The number of rotatable bonds is 5. The molecule has 0 aliphatic rings. The summed E-state index contributed by atoms with van der Waals surface area (Å²) in [7, 11) is 1.70. The summed E-state index contributed by atoms with van der Waals surface area (Å²) in [5.41, 5.74) is 2.12. The summed E-state index contributed by atoms with van der Waals surface area (Å²) in [4.78, 5) is 0.920. The zero-order valence-electron chi connectivity index (χ0n) is 10.4. The Kier molecular flexibility index (Phi) is 5.59. The Bertz CT molecular complexity index is 517. The Morgan fingerprint density at radius 1 is 1.26 bits per heavy atom. The van der Waals surface area contributed by atoms with Crippen LogP contribution in [0.25, 0.3) is 0 Å². The molecule has 102 valence electrons. The van der Waals surface area contributed by atoms with Gasteiger partial charge >= 0.3 is 0 Å². The van der Waals surface area contributed by atoms with Crippen molar-refractivity contribution in [3.63, 3.8) is 0 Å². The summed E-state index contributed by atoms with van der Waals surface area (Å²) in [6, 6.07) is 9.96. The molecule has 1 aromatic carbocycles. The second-order valence-corrected chi connectivity index (χ2v) is 7.41. The van der Waals surface area contributed by atoms with Crippen LogP contribution < -0.4 is 0 Å². The molecule has 19 heavy (non-hydrogen) atoms. The molecule has 0 radical (unpaired) electrons. The summed E-state index contributed by atoms with van der Waals surface area (Å²) >= 11 is 8.41. The van der Waals surface area contributed by atoms with Gasteiger partial charge in [0.05, 0.1) is 10.4 Å². The monoisotopic (exact) mass is 404 g/mol. The van der Waals surface area contributed by atoms with E-state index < -0.39 is 6.10 Å². The minimum absolute atomic E-state index is 0.580. The van der Waals surface area contributed by atoms with Crippen molar-refractivity contribution in [2.75, 3.05) is 13.7 Å². The molecule has 0 spiro atoms. The van der Waals surface area contributed by atoms with Crippen LogP contribution in [0.4, 0.5) is 0 Å². The average molecular weight is 406 g/mol. The molecule has 0 aliphatic heterocycles. The SMILES string of the molecule is COCCc1ccc(C(O)c2cc(Br)c(Br)s2)cc1. The molecule has 0 saturated heterocycles. The van der Waals surface area contributed by atoms with Crippen molar-refractivity contribution in [3.05, 3.63) is 54.6 Å². The Labute approximate surface area is 133 Å². The summed E-state index contributed by atoms with van der Waals surface area (Å²) < 4.78 is 7.02. The molecule has 0 bridgehead atoms. The van der Waals surface area contributed by atoms with Gasteiger partial charge in [-0.25, -0.2) is 0 Å². The van der Waals surface area contributed by atoms with Crippen LogP contribution in [0.15, 0.2) is 38.6 Å². The van der Waals surface area contributed by atoms with Gasteiger partial charge in [0, 0.05) is 16.5 Å². The van der Waals surface area contributed by atoms with E-state index in [1.165, 1.54) is 16.9 Å². The second kappa shape index (κ2) is 6.99. The third-order valence-electron chi connectivity index (χ3n) is 2.82. The molecule has 1 aromatic heterocycles. The Hall–Kier alpha value is -0.200. The maximum atomic E-state index is 10.3. The Morgan fingerprint density at radius 3 is 2.47 bits per heavy atom. The van der Waals surface area contributed by atoms with Crippen molar-refractivity contribution < 1.29 is 9.84 Å². The van der Waals surface area contributed by atoms with Crippen molar-refractivity contribution in [3.8, 4) is 0 Å². The first kappa shape index (κ1) is 15.2. The van der Waals surface area contributed by atoms with Crippen molar-refractivity contribution in [1.29, 1.82) is 0 Å². The zero-order valence-corrected chi connectivity index (χ0v) is 14.4. The van der Waals surface area contributed by atoms with Crippen LogP contribution in [0.1, 0.15) is 22.1 Å². The number of aliphatic hydroxyl groups is 1. The first-order valence-electron chi connectivity index (χ1n) is 5.82. The summed E-state index contributed by atoms with van der Waals surface area (Å²) in [5.74, 6) is 0. The predicted octanol–water partition coefficient (Wildman–Crippen LogP) is 4.54.